The van der Waals surface area contributed by atoms with Gasteiger partial charge in [0.25, 0.3) is 5.91 Å². The van der Waals surface area contributed by atoms with Gasteiger partial charge in [-0.2, -0.15) is 0 Å². The lowest BCUT2D eigenvalue weighted by Gasteiger charge is -2.10. The minimum atomic E-state index is -0.615. The smallest absolute Gasteiger partial charge is 0.338 e. The van der Waals surface area contributed by atoms with E-state index in [1.807, 2.05) is 24.3 Å². The number of amides is 2. The largest absolute Gasteiger partial charge is 0.496 e. The van der Waals surface area contributed by atoms with E-state index in [0.717, 1.165) is 16.2 Å². The van der Waals surface area contributed by atoms with Gasteiger partial charge in [0.1, 0.15) is 5.75 Å². The van der Waals surface area contributed by atoms with Gasteiger partial charge in [0, 0.05) is 23.6 Å². The van der Waals surface area contributed by atoms with Crippen molar-refractivity contribution in [2.24, 2.45) is 0 Å². The van der Waals surface area contributed by atoms with Crippen LogP contribution in [0.1, 0.15) is 22.3 Å². The molecule has 2 N–H and O–H groups in total. The highest BCUT2D eigenvalue weighted by Gasteiger charge is 2.17. The molecule has 1 heterocycles. The van der Waals surface area contributed by atoms with Crippen LogP contribution in [0.4, 0.5) is 5.69 Å². The third-order valence-corrected chi connectivity index (χ3v) is 5.39. The molecule has 0 unspecified atom stereocenters. The van der Waals surface area contributed by atoms with Crippen molar-refractivity contribution in [3.8, 4) is 5.75 Å². The molecule has 0 saturated heterocycles. The fraction of sp³-hybridized carbons (Fsp3) is 0.286. The Hall–Kier alpha value is -3.00. The van der Waals surface area contributed by atoms with Crippen molar-refractivity contribution in [2.45, 2.75) is 17.7 Å². The van der Waals surface area contributed by atoms with E-state index in [1.165, 1.54) is 0 Å². The Labute approximate surface area is 173 Å². The monoisotopic (exact) mass is 414 g/mol. The van der Waals surface area contributed by atoms with E-state index in [2.05, 4.69) is 10.6 Å². The zero-order valence-electron chi connectivity index (χ0n) is 16.0. The molecule has 1 aliphatic rings. The summed E-state index contributed by atoms with van der Waals surface area (Å²) in [6.07, 6.45) is 1.03. The van der Waals surface area contributed by atoms with Gasteiger partial charge in [0.05, 0.1) is 18.4 Å². The molecule has 3 rings (SSSR count). The van der Waals surface area contributed by atoms with Crippen LogP contribution in [0.5, 0.6) is 5.75 Å². The van der Waals surface area contributed by atoms with Crippen LogP contribution in [0.15, 0.2) is 47.4 Å². The quantitative estimate of drug-likeness (QED) is 0.677. The highest BCUT2D eigenvalue weighted by molar-refractivity contribution is 7.99. The first-order valence-electron chi connectivity index (χ1n) is 9.19. The first-order chi connectivity index (χ1) is 14.1. The fourth-order valence-corrected chi connectivity index (χ4v) is 3.80. The zero-order valence-corrected chi connectivity index (χ0v) is 16.8. The van der Waals surface area contributed by atoms with Gasteiger partial charge in [-0.15, -0.1) is 11.8 Å². The van der Waals surface area contributed by atoms with Gasteiger partial charge < -0.3 is 20.1 Å². The second-order valence-corrected chi connectivity index (χ2v) is 7.48. The van der Waals surface area contributed by atoms with Crippen LogP contribution < -0.4 is 15.4 Å². The summed E-state index contributed by atoms with van der Waals surface area (Å²) in [7, 11) is 1.60. The second kappa shape index (κ2) is 9.97. The summed E-state index contributed by atoms with van der Waals surface area (Å²) in [5, 5.41) is 5.50. The number of methoxy groups -OCH3 is 1. The van der Waals surface area contributed by atoms with E-state index >= 15 is 0 Å². The average Bonchev–Trinajstić information content (AvgIpc) is 2.92. The number of esters is 1. The standard InChI is InChI=1S/C21H22N2O5S/c1-27-17-5-3-2-4-14(17)8-10-22-20(25)13-28-21(26)15-6-7-18-16(12-15)23-19(24)9-11-29-18/h2-7,12H,8-11,13H2,1H3,(H,22,25)(H,23,24). The fourth-order valence-electron chi connectivity index (χ4n) is 2.86. The number of fused-ring (bicyclic) bond motifs is 1. The molecule has 0 saturated carbocycles. The molecule has 0 radical (unpaired) electrons. The summed E-state index contributed by atoms with van der Waals surface area (Å²) in [5.74, 6) is 0.373. The van der Waals surface area contributed by atoms with E-state index < -0.39 is 5.97 Å². The third-order valence-electron chi connectivity index (χ3n) is 4.32. The molecule has 8 heteroatoms. The van der Waals surface area contributed by atoms with E-state index in [0.29, 0.717) is 30.8 Å². The third kappa shape index (κ3) is 5.74. The number of carbonyl (C=O) groups is 3. The number of anilines is 1. The van der Waals surface area contributed by atoms with E-state index in [9.17, 15) is 14.4 Å². The minimum absolute atomic E-state index is 0.0869. The first kappa shape index (κ1) is 20.7. The second-order valence-electron chi connectivity index (χ2n) is 6.35. The molecular formula is C21H22N2O5S. The number of rotatable bonds is 7. The molecule has 0 atom stereocenters. The van der Waals surface area contributed by atoms with Crippen molar-refractivity contribution in [1.29, 1.82) is 0 Å². The predicted octanol–water partition coefficient (Wildman–Crippen LogP) is 2.65. The van der Waals surface area contributed by atoms with Crippen LogP contribution in [0.2, 0.25) is 0 Å². The normalized spacial score (nSPS) is 12.9. The summed E-state index contributed by atoms with van der Waals surface area (Å²) >= 11 is 1.55. The van der Waals surface area contributed by atoms with Crippen LogP contribution in [0.25, 0.3) is 0 Å². The zero-order chi connectivity index (χ0) is 20.6. The Morgan fingerprint density at radius 1 is 1.21 bits per heavy atom. The number of carbonyl (C=O) groups excluding carboxylic acids is 3. The summed E-state index contributed by atoms with van der Waals surface area (Å²) in [6, 6.07) is 12.6. The number of hydrogen-bond acceptors (Lipinski definition) is 6. The van der Waals surface area contributed by atoms with Gasteiger partial charge in [-0.25, -0.2) is 4.79 Å². The van der Waals surface area contributed by atoms with Crippen LogP contribution in [0, 0.1) is 0 Å². The molecule has 2 aromatic carbocycles. The Bertz CT molecular complexity index is 916. The van der Waals surface area contributed by atoms with Crippen LogP contribution >= 0.6 is 11.8 Å². The number of nitrogens with one attached hydrogen (secondary N) is 2. The van der Waals surface area contributed by atoms with Crippen molar-refractivity contribution in [3.05, 3.63) is 53.6 Å². The lowest BCUT2D eigenvalue weighted by Crippen LogP contribution is -2.30. The molecule has 0 bridgehead atoms. The highest BCUT2D eigenvalue weighted by Crippen LogP contribution is 2.31. The van der Waals surface area contributed by atoms with Gasteiger partial charge in [0.2, 0.25) is 5.91 Å². The molecule has 0 spiro atoms. The van der Waals surface area contributed by atoms with Crippen molar-refractivity contribution >= 4 is 35.2 Å². The summed E-state index contributed by atoms with van der Waals surface area (Å²) in [5.41, 5.74) is 1.86. The van der Waals surface area contributed by atoms with Crippen LogP contribution in [0.3, 0.4) is 0 Å². The summed E-state index contributed by atoms with van der Waals surface area (Å²) in [4.78, 5) is 36.8. The van der Waals surface area contributed by atoms with E-state index in [4.69, 9.17) is 9.47 Å². The number of thioether (sulfide) groups is 1. The van der Waals surface area contributed by atoms with Crippen molar-refractivity contribution in [1.82, 2.24) is 5.32 Å². The lowest BCUT2D eigenvalue weighted by molar-refractivity contribution is -0.124. The molecule has 7 nitrogen and oxygen atoms in total. The summed E-state index contributed by atoms with van der Waals surface area (Å²) in [6.45, 7) is 0.0296. The molecule has 2 amide bonds. The molecule has 0 aromatic heterocycles. The SMILES string of the molecule is COc1ccccc1CCNC(=O)COC(=O)c1ccc2c(c1)NC(=O)CCS2. The van der Waals surface area contributed by atoms with Gasteiger partial charge in [0.15, 0.2) is 6.61 Å². The molecule has 1 aliphatic heterocycles. The predicted molar refractivity (Wildman–Crippen MR) is 110 cm³/mol. The topological polar surface area (TPSA) is 93.7 Å². The van der Waals surface area contributed by atoms with Gasteiger partial charge in [-0.05, 0) is 36.2 Å². The van der Waals surface area contributed by atoms with Gasteiger partial charge in [-0.3, -0.25) is 9.59 Å². The highest BCUT2D eigenvalue weighted by atomic mass is 32.2. The Kier molecular flexibility index (Phi) is 7.13. The number of benzene rings is 2. The molecular weight excluding hydrogens is 392 g/mol. The van der Waals surface area contributed by atoms with Crippen LogP contribution in [-0.2, 0) is 20.7 Å². The molecule has 152 valence electrons. The van der Waals surface area contributed by atoms with E-state index in [1.54, 1.807) is 37.1 Å². The Morgan fingerprint density at radius 3 is 2.86 bits per heavy atom. The van der Waals surface area contributed by atoms with E-state index in [-0.39, 0.29) is 24.0 Å². The molecule has 29 heavy (non-hydrogen) atoms. The molecule has 0 fully saturated rings. The Morgan fingerprint density at radius 2 is 2.03 bits per heavy atom. The number of hydrogen-bond donors (Lipinski definition) is 2. The van der Waals surface area contributed by atoms with Gasteiger partial charge in [-0.1, -0.05) is 18.2 Å². The van der Waals surface area contributed by atoms with Crippen molar-refractivity contribution in [2.75, 3.05) is 31.3 Å². The summed E-state index contributed by atoms with van der Waals surface area (Å²) < 4.78 is 10.4. The maximum absolute atomic E-state index is 12.2. The average molecular weight is 414 g/mol. The van der Waals surface area contributed by atoms with Crippen molar-refractivity contribution in [3.63, 3.8) is 0 Å². The molecule has 0 aliphatic carbocycles. The Balaban J connectivity index is 1.48. The maximum Gasteiger partial charge on any atom is 0.338 e. The maximum atomic E-state index is 12.2. The first-order valence-corrected chi connectivity index (χ1v) is 10.2. The van der Waals surface area contributed by atoms with Crippen LogP contribution in [-0.4, -0.2) is 43.8 Å². The minimum Gasteiger partial charge on any atom is -0.496 e. The van der Waals surface area contributed by atoms with Crippen molar-refractivity contribution < 1.29 is 23.9 Å². The number of ether oxygens (including phenoxy) is 2. The lowest BCUT2D eigenvalue weighted by atomic mass is 10.1. The number of para-hydroxylation sites is 1. The molecule has 2 aromatic rings. The van der Waals surface area contributed by atoms with Gasteiger partial charge >= 0.3 is 5.97 Å².